The number of methoxy groups -OCH3 is 2. The van der Waals surface area contributed by atoms with E-state index in [9.17, 15) is 4.79 Å². The van der Waals surface area contributed by atoms with Crippen LogP contribution in [0, 0.1) is 0 Å². The Morgan fingerprint density at radius 1 is 1.00 bits per heavy atom. The van der Waals surface area contributed by atoms with Crippen LogP contribution < -0.4 is 14.8 Å². The molecule has 3 rings (SSSR count). The van der Waals surface area contributed by atoms with Crippen LogP contribution in [0.2, 0.25) is 0 Å². The molecule has 0 saturated heterocycles. The van der Waals surface area contributed by atoms with Gasteiger partial charge in [-0.1, -0.05) is 45.0 Å². The molecule has 0 radical (unpaired) electrons. The number of nitrogens with zero attached hydrogens (tertiary/aromatic N) is 2. The maximum atomic E-state index is 12.5. The van der Waals surface area contributed by atoms with Crippen LogP contribution in [-0.4, -0.2) is 35.3 Å². The lowest BCUT2D eigenvalue weighted by atomic mass is 9.87. The van der Waals surface area contributed by atoms with Gasteiger partial charge in [0, 0.05) is 17.2 Å². The summed E-state index contributed by atoms with van der Waals surface area (Å²) in [5.41, 5.74) is 2.59. The molecule has 2 aromatic carbocycles. The van der Waals surface area contributed by atoms with Crippen LogP contribution in [-0.2, 0) is 5.41 Å². The highest BCUT2D eigenvalue weighted by Crippen LogP contribution is 2.26. The summed E-state index contributed by atoms with van der Waals surface area (Å²) < 4.78 is 10.4. The molecule has 0 aliphatic heterocycles. The molecule has 0 fully saturated rings. The molecule has 1 amide bonds. The summed E-state index contributed by atoms with van der Waals surface area (Å²) >= 11 is 0. The molecule has 0 atom stereocenters. The number of nitrogens with one attached hydrogen (secondary N) is 2. The minimum atomic E-state index is -0.356. The zero-order valence-corrected chi connectivity index (χ0v) is 16.7. The van der Waals surface area contributed by atoms with Gasteiger partial charge in [0.15, 0.2) is 5.82 Å². The molecule has 146 valence electrons. The summed E-state index contributed by atoms with van der Waals surface area (Å²) in [6.45, 7) is 6.49. The van der Waals surface area contributed by atoms with Gasteiger partial charge in [-0.3, -0.25) is 15.2 Å². The number of aromatic amines is 1. The summed E-state index contributed by atoms with van der Waals surface area (Å²) in [6, 6.07) is 13.0. The maximum Gasteiger partial charge on any atom is 0.258 e. The van der Waals surface area contributed by atoms with Gasteiger partial charge in [0.1, 0.15) is 11.5 Å². The minimum absolute atomic E-state index is 0.0802. The number of H-pyrrole nitrogens is 1. The first-order chi connectivity index (χ1) is 13.3. The Morgan fingerprint density at radius 3 is 2.14 bits per heavy atom. The highest BCUT2D eigenvalue weighted by atomic mass is 16.5. The van der Waals surface area contributed by atoms with E-state index in [1.54, 1.807) is 18.2 Å². The van der Waals surface area contributed by atoms with Crippen LogP contribution in [0.4, 0.5) is 5.95 Å². The lowest BCUT2D eigenvalue weighted by Crippen LogP contribution is -2.13. The molecule has 2 N–H and O–H groups in total. The summed E-state index contributed by atoms with van der Waals surface area (Å²) in [5.74, 6) is 1.48. The summed E-state index contributed by atoms with van der Waals surface area (Å²) in [6.07, 6.45) is 0. The lowest BCUT2D eigenvalue weighted by Gasteiger charge is -2.18. The highest BCUT2D eigenvalue weighted by Gasteiger charge is 2.15. The number of amides is 1. The van der Waals surface area contributed by atoms with Crippen LogP contribution in [0.1, 0.15) is 36.7 Å². The maximum absolute atomic E-state index is 12.5. The average Bonchev–Trinajstić information content (AvgIpc) is 3.15. The smallest absolute Gasteiger partial charge is 0.258 e. The Balaban J connectivity index is 1.77. The van der Waals surface area contributed by atoms with Crippen molar-refractivity contribution in [1.29, 1.82) is 0 Å². The summed E-state index contributed by atoms with van der Waals surface area (Å²) in [7, 11) is 3.06. The third-order valence-electron chi connectivity index (χ3n) is 4.35. The average molecular weight is 380 g/mol. The zero-order valence-electron chi connectivity index (χ0n) is 16.7. The van der Waals surface area contributed by atoms with E-state index in [4.69, 9.17) is 9.47 Å². The highest BCUT2D eigenvalue weighted by molar-refractivity contribution is 6.04. The van der Waals surface area contributed by atoms with Crippen molar-refractivity contribution in [3.05, 3.63) is 53.6 Å². The van der Waals surface area contributed by atoms with Crippen molar-refractivity contribution < 1.29 is 14.3 Å². The third kappa shape index (κ3) is 4.31. The van der Waals surface area contributed by atoms with Crippen molar-refractivity contribution in [2.75, 3.05) is 19.5 Å². The van der Waals surface area contributed by atoms with E-state index in [-0.39, 0.29) is 17.3 Å². The molecule has 1 aromatic heterocycles. The largest absolute Gasteiger partial charge is 0.497 e. The number of ether oxygens (including phenoxy) is 2. The van der Waals surface area contributed by atoms with Gasteiger partial charge in [0.05, 0.1) is 14.2 Å². The normalized spacial score (nSPS) is 11.2. The van der Waals surface area contributed by atoms with Crippen LogP contribution in [0.5, 0.6) is 11.5 Å². The monoisotopic (exact) mass is 380 g/mol. The molecule has 7 heteroatoms. The van der Waals surface area contributed by atoms with E-state index in [1.165, 1.54) is 19.8 Å². The Hall–Kier alpha value is -3.35. The quantitative estimate of drug-likeness (QED) is 0.697. The zero-order chi connectivity index (χ0) is 20.3. The molecule has 3 aromatic rings. The Labute approximate surface area is 164 Å². The standard InChI is InChI=1S/C21H24N4O3/c1-21(2,3)15-8-6-13(7-9-15)18-22-20(25-24-18)23-19(26)14-10-16(27-4)12-17(11-14)28-5/h6-12H,1-5H3,(H2,22,23,24,25,26). The van der Waals surface area contributed by atoms with Crippen molar-refractivity contribution in [1.82, 2.24) is 15.2 Å². The van der Waals surface area contributed by atoms with Crippen LogP contribution in [0.15, 0.2) is 42.5 Å². The number of hydrogen-bond donors (Lipinski definition) is 2. The fraction of sp³-hybridized carbons (Fsp3) is 0.286. The molecule has 0 aliphatic rings. The Bertz CT molecular complexity index is 950. The molecule has 0 spiro atoms. The summed E-state index contributed by atoms with van der Waals surface area (Å²) in [4.78, 5) is 16.9. The second kappa shape index (κ2) is 7.72. The van der Waals surface area contributed by atoms with Gasteiger partial charge in [-0.05, 0) is 23.1 Å². The molecule has 1 heterocycles. The Kier molecular flexibility index (Phi) is 5.35. The van der Waals surface area contributed by atoms with Crippen molar-refractivity contribution in [2.24, 2.45) is 0 Å². The third-order valence-corrected chi connectivity index (χ3v) is 4.35. The van der Waals surface area contributed by atoms with Crippen LogP contribution in [0.25, 0.3) is 11.4 Å². The molecule has 0 unspecified atom stereocenters. The SMILES string of the molecule is COc1cc(OC)cc(C(=O)Nc2n[nH]c(-c3ccc(C(C)(C)C)cc3)n2)c1. The summed E-state index contributed by atoms with van der Waals surface area (Å²) in [5, 5.41) is 9.62. The fourth-order valence-corrected chi connectivity index (χ4v) is 2.69. The second-order valence-corrected chi connectivity index (χ2v) is 7.39. The number of benzene rings is 2. The topological polar surface area (TPSA) is 89.1 Å². The van der Waals surface area contributed by atoms with Crippen molar-refractivity contribution in [3.8, 4) is 22.9 Å². The molecule has 0 saturated carbocycles. The molecule has 0 aliphatic carbocycles. The predicted octanol–water partition coefficient (Wildman–Crippen LogP) is 4.04. The molecular weight excluding hydrogens is 356 g/mol. The molecular formula is C21H24N4O3. The number of aromatic nitrogens is 3. The number of rotatable bonds is 5. The van der Waals surface area contributed by atoms with Crippen molar-refractivity contribution in [2.45, 2.75) is 26.2 Å². The number of carbonyl (C=O) groups excluding carboxylic acids is 1. The van der Waals surface area contributed by atoms with Gasteiger partial charge in [0.2, 0.25) is 5.95 Å². The van der Waals surface area contributed by atoms with E-state index in [0.29, 0.717) is 22.9 Å². The molecule has 28 heavy (non-hydrogen) atoms. The van der Waals surface area contributed by atoms with E-state index >= 15 is 0 Å². The van der Waals surface area contributed by atoms with E-state index in [2.05, 4.69) is 53.4 Å². The van der Waals surface area contributed by atoms with Gasteiger partial charge >= 0.3 is 0 Å². The van der Waals surface area contributed by atoms with E-state index in [0.717, 1.165) is 5.56 Å². The number of hydrogen-bond acceptors (Lipinski definition) is 5. The first-order valence-electron chi connectivity index (χ1n) is 8.88. The van der Waals surface area contributed by atoms with E-state index < -0.39 is 0 Å². The first kappa shape index (κ1) is 19.4. The Morgan fingerprint density at radius 2 is 1.61 bits per heavy atom. The second-order valence-electron chi connectivity index (χ2n) is 7.39. The minimum Gasteiger partial charge on any atom is -0.497 e. The van der Waals surface area contributed by atoms with Gasteiger partial charge in [-0.2, -0.15) is 4.98 Å². The van der Waals surface area contributed by atoms with Gasteiger partial charge < -0.3 is 9.47 Å². The fourth-order valence-electron chi connectivity index (χ4n) is 2.69. The van der Waals surface area contributed by atoms with Gasteiger partial charge in [-0.15, -0.1) is 5.10 Å². The number of anilines is 1. The van der Waals surface area contributed by atoms with Gasteiger partial charge in [0.25, 0.3) is 5.91 Å². The first-order valence-corrected chi connectivity index (χ1v) is 8.88. The van der Waals surface area contributed by atoms with Gasteiger partial charge in [-0.25, -0.2) is 0 Å². The lowest BCUT2D eigenvalue weighted by molar-refractivity contribution is 0.102. The van der Waals surface area contributed by atoms with Crippen molar-refractivity contribution >= 4 is 11.9 Å². The predicted molar refractivity (Wildman–Crippen MR) is 108 cm³/mol. The molecule has 7 nitrogen and oxygen atoms in total. The van der Waals surface area contributed by atoms with Crippen LogP contribution >= 0.6 is 0 Å². The van der Waals surface area contributed by atoms with Crippen LogP contribution in [0.3, 0.4) is 0 Å². The van der Waals surface area contributed by atoms with E-state index in [1.807, 2.05) is 12.1 Å². The number of carbonyl (C=O) groups is 1. The van der Waals surface area contributed by atoms with Crippen molar-refractivity contribution in [3.63, 3.8) is 0 Å². The molecule has 0 bridgehead atoms.